The fourth-order valence-electron chi connectivity index (χ4n) is 5.71. The van der Waals surface area contributed by atoms with Crippen LogP contribution in [0, 0.1) is 11.8 Å². The van der Waals surface area contributed by atoms with E-state index in [9.17, 15) is 24.3 Å². The number of amides is 4. The smallest absolute Gasteiger partial charge is 0.268 e. The average molecular weight is 526 g/mol. The van der Waals surface area contributed by atoms with Gasteiger partial charge in [-0.15, -0.1) is 0 Å². The summed E-state index contributed by atoms with van der Waals surface area (Å²) in [6, 6.07) is 7.90. The van der Waals surface area contributed by atoms with Crippen molar-refractivity contribution in [1.29, 1.82) is 0 Å². The van der Waals surface area contributed by atoms with Gasteiger partial charge in [-0.2, -0.15) is 0 Å². The molecule has 2 aliphatic rings. The molecule has 4 amide bonds. The number of rotatable bonds is 9. The summed E-state index contributed by atoms with van der Waals surface area (Å²) in [5.74, 6) is -1.01. The minimum absolute atomic E-state index is 0.0383. The first-order chi connectivity index (χ1) is 18.1. The van der Waals surface area contributed by atoms with Crippen LogP contribution in [0.1, 0.15) is 63.4 Å². The lowest BCUT2D eigenvalue weighted by molar-refractivity contribution is -0.130. The van der Waals surface area contributed by atoms with Gasteiger partial charge in [0.05, 0.1) is 12.6 Å². The molecule has 1 aromatic carbocycles. The Hall–Kier alpha value is -3.40. The molecule has 2 aliphatic heterocycles. The monoisotopic (exact) mass is 525 g/mol. The van der Waals surface area contributed by atoms with Gasteiger partial charge < -0.3 is 30.9 Å². The van der Waals surface area contributed by atoms with Gasteiger partial charge in [0.25, 0.3) is 5.91 Å². The number of para-hydroxylation sites is 1. The number of aromatic amines is 1. The average Bonchev–Trinajstić information content (AvgIpc) is 3.44. The van der Waals surface area contributed by atoms with Crippen molar-refractivity contribution in [3.63, 3.8) is 0 Å². The van der Waals surface area contributed by atoms with Crippen molar-refractivity contribution < 1.29 is 24.3 Å². The van der Waals surface area contributed by atoms with Crippen LogP contribution in [-0.4, -0.2) is 75.9 Å². The van der Waals surface area contributed by atoms with Crippen LogP contribution >= 0.6 is 0 Å². The van der Waals surface area contributed by atoms with Crippen LogP contribution in [0.25, 0.3) is 10.9 Å². The van der Waals surface area contributed by atoms with Gasteiger partial charge in [-0.3, -0.25) is 19.2 Å². The second-order valence-electron chi connectivity index (χ2n) is 11.2. The van der Waals surface area contributed by atoms with Crippen molar-refractivity contribution in [2.45, 2.75) is 70.5 Å². The Bertz CT molecular complexity index is 1150. The van der Waals surface area contributed by atoms with E-state index in [2.05, 4.69) is 20.9 Å². The molecule has 1 aromatic heterocycles. The Kier molecular flexibility index (Phi) is 8.40. The third-order valence-corrected chi connectivity index (χ3v) is 7.80. The summed E-state index contributed by atoms with van der Waals surface area (Å²) < 4.78 is 0. The molecule has 4 rings (SSSR count). The quantitative estimate of drug-likeness (QED) is 0.339. The van der Waals surface area contributed by atoms with E-state index in [1.54, 1.807) is 17.9 Å². The minimum atomic E-state index is -0.789. The third kappa shape index (κ3) is 6.35. The summed E-state index contributed by atoms with van der Waals surface area (Å²) in [6.45, 7) is 6.39. The number of carbonyl (C=O) groups is 4. The van der Waals surface area contributed by atoms with E-state index in [-0.39, 0.29) is 47.6 Å². The molecule has 0 aliphatic carbocycles. The molecule has 2 fully saturated rings. The lowest BCUT2D eigenvalue weighted by Gasteiger charge is -2.39. The first kappa shape index (κ1) is 27.6. The first-order valence-corrected chi connectivity index (χ1v) is 13.5. The first-order valence-electron chi connectivity index (χ1n) is 13.5. The van der Waals surface area contributed by atoms with Crippen molar-refractivity contribution in [2.75, 3.05) is 19.7 Å². The summed E-state index contributed by atoms with van der Waals surface area (Å²) in [7, 11) is 0. The van der Waals surface area contributed by atoms with Gasteiger partial charge in [0.2, 0.25) is 17.7 Å². The highest BCUT2D eigenvalue weighted by molar-refractivity contribution is 6.00. The lowest BCUT2D eigenvalue weighted by Crippen LogP contribution is -2.51. The second-order valence-corrected chi connectivity index (χ2v) is 11.2. The van der Waals surface area contributed by atoms with Crippen LogP contribution in [0.3, 0.4) is 0 Å². The predicted octanol–water partition coefficient (Wildman–Crippen LogP) is 1.70. The maximum absolute atomic E-state index is 13.3. The Morgan fingerprint density at radius 2 is 1.87 bits per heavy atom. The summed E-state index contributed by atoms with van der Waals surface area (Å²) in [6.07, 6.45) is 2.73. The van der Waals surface area contributed by atoms with Gasteiger partial charge >= 0.3 is 0 Å². The van der Waals surface area contributed by atoms with E-state index in [1.165, 1.54) is 0 Å². The maximum atomic E-state index is 13.3. The van der Waals surface area contributed by atoms with Gasteiger partial charge in [0.1, 0.15) is 11.7 Å². The van der Waals surface area contributed by atoms with Crippen LogP contribution < -0.4 is 16.0 Å². The number of piperidine rings is 1. The summed E-state index contributed by atoms with van der Waals surface area (Å²) in [4.78, 5) is 55.6. The topological polar surface area (TPSA) is 144 Å². The standard InChI is InChI=1S/C28H39N5O5/c1-17(2)12-23(31-27(38)24-14-19-6-4-5-7-22(19)30-24)26(37)29-21(16-34)13-20-15-28(32-25(20)36)8-10-33(11-9-28)18(3)35/h4-7,14,17,20-21,23,30,34H,8-13,15-16H2,1-3H3,(H,29,37)(H,31,38)(H,32,36)/t20?,21?,23-/m0/s1. The van der Waals surface area contributed by atoms with Gasteiger partial charge in [0.15, 0.2) is 0 Å². The molecule has 1 spiro atoms. The molecule has 0 saturated carbocycles. The predicted molar refractivity (Wildman–Crippen MR) is 143 cm³/mol. The molecule has 2 unspecified atom stereocenters. The molecule has 3 heterocycles. The summed E-state index contributed by atoms with van der Waals surface area (Å²) in [5, 5.41) is 19.8. The zero-order valence-electron chi connectivity index (χ0n) is 22.4. The molecule has 0 radical (unpaired) electrons. The summed E-state index contributed by atoms with van der Waals surface area (Å²) >= 11 is 0. The van der Waals surface area contributed by atoms with E-state index in [1.807, 2.05) is 38.1 Å². The lowest BCUT2D eigenvalue weighted by atomic mass is 9.82. The van der Waals surface area contributed by atoms with Crippen LogP contribution in [0.5, 0.6) is 0 Å². The van der Waals surface area contributed by atoms with Crippen molar-refractivity contribution in [1.82, 2.24) is 25.8 Å². The number of hydrogen-bond donors (Lipinski definition) is 5. The van der Waals surface area contributed by atoms with Gasteiger partial charge in [-0.1, -0.05) is 32.0 Å². The molecule has 5 N–H and O–H groups in total. The number of aliphatic hydroxyl groups excluding tert-OH is 1. The molecule has 0 bridgehead atoms. The Balaban J connectivity index is 1.37. The zero-order valence-corrected chi connectivity index (χ0v) is 22.4. The Labute approximate surface area is 222 Å². The van der Waals surface area contributed by atoms with Crippen molar-refractivity contribution in [3.05, 3.63) is 36.0 Å². The largest absolute Gasteiger partial charge is 0.394 e. The summed E-state index contributed by atoms with van der Waals surface area (Å²) in [5.41, 5.74) is 0.864. The van der Waals surface area contributed by atoms with Gasteiger partial charge in [-0.25, -0.2) is 0 Å². The van der Waals surface area contributed by atoms with Gasteiger partial charge in [0, 0.05) is 42.4 Å². The number of nitrogens with zero attached hydrogens (tertiary/aromatic N) is 1. The number of benzene rings is 1. The van der Waals surface area contributed by atoms with Crippen molar-refractivity contribution in [2.24, 2.45) is 11.8 Å². The van der Waals surface area contributed by atoms with Gasteiger partial charge in [-0.05, 0) is 50.2 Å². The van der Waals surface area contributed by atoms with E-state index in [0.29, 0.717) is 50.9 Å². The number of aromatic nitrogens is 1. The van der Waals surface area contributed by atoms with Crippen LogP contribution in [-0.2, 0) is 14.4 Å². The number of hydrogen-bond acceptors (Lipinski definition) is 5. The molecule has 2 saturated heterocycles. The normalized spacial score (nSPS) is 20.4. The Morgan fingerprint density at radius 1 is 1.16 bits per heavy atom. The van der Waals surface area contributed by atoms with E-state index < -0.39 is 12.1 Å². The molecule has 206 valence electrons. The van der Waals surface area contributed by atoms with E-state index in [4.69, 9.17) is 0 Å². The third-order valence-electron chi connectivity index (χ3n) is 7.80. The highest BCUT2D eigenvalue weighted by Crippen LogP contribution is 2.36. The van der Waals surface area contributed by atoms with Crippen LogP contribution in [0.2, 0.25) is 0 Å². The number of likely N-dealkylation sites (tertiary alicyclic amines) is 1. The van der Waals surface area contributed by atoms with Crippen molar-refractivity contribution >= 4 is 34.5 Å². The highest BCUT2D eigenvalue weighted by Gasteiger charge is 2.46. The number of H-pyrrole nitrogens is 1. The Morgan fingerprint density at radius 3 is 2.50 bits per heavy atom. The molecule has 38 heavy (non-hydrogen) atoms. The molecular formula is C28H39N5O5. The number of carbonyl (C=O) groups excluding carboxylic acids is 4. The highest BCUT2D eigenvalue weighted by atomic mass is 16.3. The van der Waals surface area contributed by atoms with Crippen molar-refractivity contribution in [3.8, 4) is 0 Å². The number of nitrogens with one attached hydrogen (secondary N) is 4. The van der Waals surface area contributed by atoms with Crippen LogP contribution in [0.15, 0.2) is 30.3 Å². The van der Waals surface area contributed by atoms with E-state index in [0.717, 1.165) is 10.9 Å². The molecule has 10 nitrogen and oxygen atoms in total. The second kappa shape index (κ2) is 11.6. The fraction of sp³-hybridized carbons (Fsp3) is 0.571. The molecule has 3 atom stereocenters. The number of fused-ring (bicyclic) bond motifs is 1. The zero-order chi connectivity index (χ0) is 27.4. The van der Waals surface area contributed by atoms with E-state index >= 15 is 0 Å². The minimum Gasteiger partial charge on any atom is -0.394 e. The SMILES string of the molecule is CC(=O)N1CCC2(CC1)CC(CC(CO)NC(=O)[C@H](CC(C)C)NC(=O)c1cc3ccccc3[nH]1)C(=O)N2. The number of aliphatic hydroxyl groups is 1. The van der Waals surface area contributed by atoms with Crippen LogP contribution in [0.4, 0.5) is 0 Å². The molecule has 10 heteroatoms. The fourth-order valence-corrected chi connectivity index (χ4v) is 5.71. The molecular weight excluding hydrogens is 486 g/mol. The maximum Gasteiger partial charge on any atom is 0.268 e. The molecule has 2 aromatic rings.